The van der Waals surface area contributed by atoms with Gasteiger partial charge in [0.05, 0.1) is 12.0 Å². The number of H-pyrrole nitrogens is 1. The molecule has 1 aliphatic rings. The van der Waals surface area contributed by atoms with E-state index in [-0.39, 0.29) is 34.9 Å². The maximum atomic E-state index is 12.5. The van der Waals surface area contributed by atoms with Gasteiger partial charge < -0.3 is 15.6 Å². The highest BCUT2D eigenvalue weighted by molar-refractivity contribution is 5.94. The number of likely N-dealkylation sites (tertiary alicyclic amines) is 1. The second-order valence-electron chi connectivity index (χ2n) is 6.42. The largest absolute Gasteiger partial charge is 0.359 e. The third-order valence-electron chi connectivity index (χ3n) is 4.58. The van der Waals surface area contributed by atoms with Crippen LogP contribution in [0.5, 0.6) is 0 Å². The van der Waals surface area contributed by atoms with Gasteiger partial charge in [-0.25, -0.2) is 0 Å². The fourth-order valence-corrected chi connectivity index (χ4v) is 3.29. The summed E-state index contributed by atoms with van der Waals surface area (Å²) in [5.41, 5.74) is 1.10. The van der Waals surface area contributed by atoms with Gasteiger partial charge in [0.15, 0.2) is 0 Å². The lowest BCUT2D eigenvalue weighted by molar-refractivity contribution is -0.124. The maximum absolute atomic E-state index is 12.5. The maximum Gasteiger partial charge on any atom is 0.251 e. The zero-order valence-corrected chi connectivity index (χ0v) is 14.6. The number of nitrogens with zero attached hydrogens (tertiary/aromatic N) is 1. The van der Waals surface area contributed by atoms with Gasteiger partial charge in [0.25, 0.3) is 5.91 Å². The van der Waals surface area contributed by atoms with Crippen molar-refractivity contribution in [3.8, 4) is 0 Å². The number of aromatic amines is 1. The van der Waals surface area contributed by atoms with E-state index in [0.29, 0.717) is 19.6 Å². The Morgan fingerprint density at radius 1 is 1.19 bits per heavy atom. The molecule has 26 heavy (non-hydrogen) atoms. The molecular formula is C19H22N4O3. The van der Waals surface area contributed by atoms with Gasteiger partial charge >= 0.3 is 0 Å². The summed E-state index contributed by atoms with van der Waals surface area (Å²) in [4.78, 5) is 40.7. The molecule has 1 aliphatic heterocycles. The van der Waals surface area contributed by atoms with Gasteiger partial charge in [-0.15, -0.1) is 0 Å². The summed E-state index contributed by atoms with van der Waals surface area (Å²) < 4.78 is 0. The Morgan fingerprint density at radius 3 is 2.65 bits per heavy atom. The van der Waals surface area contributed by atoms with Crippen LogP contribution in [0.1, 0.15) is 15.9 Å². The molecule has 2 aromatic rings. The molecule has 2 atom stereocenters. The van der Waals surface area contributed by atoms with Gasteiger partial charge in [0.2, 0.25) is 11.5 Å². The molecule has 0 unspecified atom stereocenters. The molecule has 2 amide bonds. The summed E-state index contributed by atoms with van der Waals surface area (Å²) in [7, 11) is 1.60. The molecule has 1 fully saturated rings. The van der Waals surface area contributed by atoms with E-state index in [1.807, 2.05) is 30.3 Å². The minimum atomic E-state index is -0.350. The molecule has 0 spiro atoms. The molecular weight excluding hydrogens is 332 g/mol. The fraction of sp³-hybridized carbons (Fsp3) is 0.316. The van der Waals surface area contributed by atoms with Gasteiger partial charge in [0.1, 0.15) is 0 Å². The van der Waals surface area contributed by atoms with Gasteiger partial charge in [-0.2, -0.15) is 0 Å². The Balaban J connectivity index is 1.72. The fourth-order valence-electron chi connectivity index (χ4n) is 3.29. The van der Waals surface area contributed by atoms with Crippen LogP contribution in [0, 0.1) is 5.92 Å². The molecule has 2 heterocycles. The smallest absolute Gasteiger partial charge is 0.251 e. The van der Waals surface area contributed by atoms with E-state index in [4.69, 9.17) is 0 Å². The van der Waals surface area contributed by atoms with Crippen LogP contribution in [0.25, 0.3) is 0 Å². The van der Waals surface area contributed by atoms with E-state index >= 15 is 0 Å². The van der Waals surface area contributed by atoms with Crippen molar-refractivity contribution in [3.63, 3.8) is 0 Å². The van der Waals surface area contributed by atoms with E-state index in [1.54, 1.807) is 13.1 Å². The van der Waals surface area contributed by atoms with Gasteiger partial charge in [-0.1, -0.05) is 30.3 Å². The summed E-state index contributed by atoms with van der Waals surface area (Å²) in [6.45, 7) is 1.85. The molecule has 3 N–H and O–H groups in total. The third kappa shape index (κ3) is 4.18. The number of benzene rings is 1. The van der Waals surface area contributed by atoms with Crippen molar-refractivity contribution in [2.45, 2.75) is 12.6 Å². The van der Waals surface area contributed by atoms with E-state index in [0.717, 1.165) is 5.56 Å². The van der Waals surface area contributed by atoms with E-state index in [2.05, 4.69) is 20.5 Å². The van der Waals surface area contributed by atoms with Crippen LogP contribution >= 0.6 is 0 Å². The van der Waals surface area contributed by atoms with Gasteiger partial charge in [0, 0.05) is 44.5 Å². The highest BCUT2D eigenvalue weighted by Gasteiger charge is 2.38. The Hall–Kier alpha value is -2.93. The summed E-state index contributed by atoms with van der Waals surface area (Å²) in [6.07, 6.45) is 1.43. The Bertz CT molecular complexity index is 834. The van der Waals surface area contributed by atoms with Crippen LogP contribution in [0.3, 0.4) is 0 Å². The molecule has 1 aromatic heterocycles. The van der Waals surface area contributed by atoms with Gasteiger partial charge in [-0.05, 0) is 11.6 Å². The Morgan fingerprint density at radius 2 is 1.96 bits per heavy atom. The molecule has 7 nitrogen and oxygen atoms in total. The number of pyridine rings is 1. The molecule has 3 rings (SSSR count). The highest BCUT2D eigenvalue weighted by atomic mass is 16.2. The zero-order valence-electron chi connectivity index (χ0n) is 14.6. The quantitative estimate of drug-likeness (QED) is 0.722. The van der Waals surface area contributed by atoms with E-state index in [1.165, 1.54) is 12.3 Å². The molecule has 1 saturated heterocycles. The lowest BCUT2D eigenvalue weighted by atomic mass is 10.0. The molecule has 0 radical (unpaired) electrons. The first-order chi connectivity index (χ1) is 12.6. The summed E-state index contributed by atoms with van der Waals surface area (Å²) in [5.74, 6) is -0.789. The lowest BCUT2D eigenvalue weighted by Gasteiger charge is -2.18. The first-order valence-electron chi connectivity index (χ1n) is 8.54. The summed E-state index contributed by atoms with van der Waals surface area (Å²) in [6, 6.07) is 12.5. The predicted octanol–water partition coefficient (Wildman–Crippen LogP) is 0.351. The minimum absolute atomic E-state index is 0.100. The minimum Gasteiger partial charge on any atom is -0.359 e. The standard InChI is InChI=1S/C19H22N4O3/c1-20-19(26)15-11-23(10-13-5-3-2-4-6-13)12-16(15)22-18(25)14-7-8-21-17(24)9-14/h2-9,15-16H,10-12H2,1H3,(H,20,26)(H,21,24)(H,22,25)/t15-,16-/m0/s1. The average Bonchev–Trinajstić information content (AvgIpc) is 3.04. The SMILES string of the molecule is CNC(=O)[C@H]1CN(Cc2ccccc2)C[C@@H]1NC(=O)c1cc[nH]c(=O)c1. The molecule has 0 bridgehead atoms. The van der Waals surface area contributed by atoms with Crippen molar-refractivity contribution in [2.75, 3.05) is 20.1 Å². The molecule has 7 heteroatoms. The van der Waals surface area contributed by atoms with Crippen molar-refractivity contribution in [1.82, 2.24) is 20.5 Å². The number of rotatable bonds is 5. The number of hydrogen-bond acceptors (Lipinski definition) is 4. The zero-order chi connectivity index (χ0) is 18.5. The second kappa shape index (κ2) is 7.97. The number of carbonyl (C=O) groups excluding carboxylic acids is 2. The number of carbonyl (C=O) groups is 2. The molecule has 0 aliphatic carbocycles. The Kier molecular flexibility index (Phi) is 5.48. The topological polar surface area (TPSA) is 94.3 Å². The molecule has 1 aromatic carbocycles. The first-order valence-corrected chi connectivity index (χ1v) is 8.54. The first kappa shape index (κ1) is 17.9. The second-order valence-corrected chi connectivity index (χ2v) is 6.42. The third-order valence-corrected chi connectivity index (χ3v) is 4.58. The van der Waals surface area contributed by atoms with Gasteiger partial charge in [-0.3, -0.25) is 19.3 Å². The van der Waals surface area contributed by atoms with Crippen molar-refractivity contribution >= 4 is 11.8 Å². The normalized spacial score (nSPS) is 19.9. The molecule has 0 saturated carbocycles. The van der Waals surface area contributed by atoms with Crippen LogP contribution < -0.4 is 16.2 Å². The predicted molar refractivity (Wildman–Crippen MR) is 97.6 cm³/mol. The van der Waals surface area contributed by atoms with Crippen LogP contribution in [0.2, 0.25) is 0 Å². The van der Waals surface area contributed by atoms with E-state index < -0.39 is 0 Å². The number of aromatic nitrogens is 1. The van der Waals surface area contributed by atoms with Crippen molar-refractivity contribution in [2.24, 2.45) is 5.92 Å². The summed E-state index contributed by atoms with van der Waals surface area (Å²) in [5, 5.41) is 5.58. The van der Waals surface area contributed by atoms with Crippen molar-refractivity contribution < 1.29 is 9.59 Å². The molecule has 136 valence electrons. The number of amides is 2. The summed E-state index contributed by atoms with van der Waals surface area (Å²) >= 11 is 0. The van der Waals surface area contributed by atoms with Crippen LogP contribution in [0.4, 0.5) is 0 Å². The number of hydrogen-bond donors (Lipinski definition) is 3. The van der Waals surface area contributed by atoms with Crippen LogP contribution in [-0.4, -0.2) is 47.9 Å². The van der Waals surface area contributed by atoms with Crippen LogP contribution in [-0.2, 0) is 11.3 Å². The van der Waals surface area contributed by atoms with Crippen molar-refractivity contribution in [3.05, 3.63) is 70.1 Å². The van der Waals surface area contributed by atoms with Crippen molar-refractivity contribution in [1.29, 1.82) is 0 Å². The Labute approximate surface area is 151 Å². The monoisotopic (exact) mass is 354 g/mol. The van der Waals surface area contributed by atoms with Crippen LogP contribution in [0.15, 0.2) is 53.5 Å². The lowest BCUT2D eigenvalue weighted by Crippen LogP contribution is -2.45. The van der Waals surface area contributed by atoms with E-state index in [9.17, 15) is 14.4 Å². The average molecular weight is 354 g/mol. The highest BCUT2D eigenvalue weighted by Crippen LogP contribution is 2.20. The number of nitrogens with one attached hydrogen (secondary N) is 3.